The minimum atomic E-state index is 0.0322. The van der Waals surface area contributed by atoms with Gasteiger partial charge in [0.25, 0.3) is 11.8 Å². The molecule has 3 fully saturated rings. The van der Waals surface area contributed by atoms with Gasteiger partial charge in [-0.3, -0.25) is 14.4 Å². The highest BCUT2D eigenvalue weighted by Crippen LogP contribution is 2.30. The van der Waals surface area contributed by atoms with Gasteiger partial charge in [0.1, 0.15) is 0 Å². The van der Waals surface area contributed by atoms with Crippen LogP contribution in [0.15, 0.2) is 42.5 Å². The van der Waals surface area contributed by atoms with Crippen molar-refractivity contribution in [2.75, 3.05) is 49.5 Å². The number of piperazine rings is 1. The van der Waals surface area contributed by atoms with Crippen LogP contribution in [0.4, 0.5) is 11.4 Å². The van der Waals surface area contributed by atoms with Gasteiger partial charge in [0.05, 0.1) is 5.56 Å². The first-order valence-corrected chi connectivity index (χ1v) is 13.8. The highest BCUT2D eigenvalue weighted by atomic mass is 16.2. The summed E-state index contributed by atoms with van der Waals surface area (Å²) in [6.45, 7) is 6.08. The van der Waals surface area contributed by atoms with Crippen molar-refractivity contribution in [3.63, 3.8) is 0 Å². The Bertz CT molecular complexity index is 1130. The molecule has 37 heavy (non-hydrogen) atoms. The van der Waals surface area contributed by atoms with Crippen LogP contribution in [0.5, 0.6) is 0 Å². The molecule has 196 valence electrons. The lowest BCUT2D eigenvalue weighted by atomic mass is 10.0. The predicted molar refractivity (Wildman–Crippen MR) is 146 cm³/mol. The minimum absolute atomic E-state index is 0.0322. The molecule has 2 saturated heterocycles. The molecule has 2 aliphatic heterocycles. The van der Waals surface area contributed by atoms with Gasteiger partial charge in [-0.2, -0.15) is 0 Å². The fourth-order valence-corrected chi connectivity index (χ4v) is 5.79. The molecule has 3 amide bonds. The lowest BCUT2D eigenvalue weighted by molar-refractivity contribution is -0.119. The molecule has 7 heteroatoms. The van der Waals surface area contributed by atoms with E-state index in [2.05, 4.69) is 10.2 Å². The standard InChI is InChI=1S/C30H38N4O3/c1-22-9-11-24(12-10-22)29(36)34-19-17-32(18-20-34)27-14-13-25(31-28(35)23-7-3-4-8-23)21-26(27)30(37)33-15-5-2-6-16-33/h9-14,21,23H,2-8,15-20H2,1H3,(H,31,35). The summed E-state index contributed by atoms with van der Waals surface area (Å²) in [7, 11) is 0. The highest BCUT2D eigenvalue weighted by molar-refractivity contribution is 6.02. The molecule has 2 heterocycles. The summed E-state index contributed by atoms with van der Waals surface area (Å²) >= 11 is 0. The van der Waals surface area contributed by atoms with E-state index >= 15 is 0 Å². The average Bonchev–Trinajstić information content (AvgIpc) is 3.49. The van der Waals surface area contributed by atoms with Gasteiger partial charge in [0.2, 0.25) is 5.91 Å². The summed E-state index contributed by atoms with van der Waals surface area (Å²) < 4.78 is 0. The maximum absolute atomic E-state index is 13.7. The Kier molecular flexibility index (Phi) is 7.77. The Morgan fingerprint density at radius 3 is 2.05 bits per heavy atom. The second-order valence-electron chi connectivity index (χ2n) is 10.7. The summed E-state index contributed by atoms with van der Waals surface area (Å²) in [5, 5.41) is 3.08. The molecular formula is C30H38N4O3. The lowest BCUT2D eigenvalue weighted by Gasteiger charge is -2.37. The van der Waals surface area contributed by atoms with Gasteiger partial charge in [0, 0.05) is 62.1 Å². The number of aryl methyl sites for hydroxylation is 1. The Morgan fingerprint density at radius 2 is 1.38 bits per heavy atom. The zero-order valence-corrected chi connectivity index (χ0v) is 21.9. The molecule has 1 saturated carbocycles. The quantitative estimate of drug-likeness (QED) is 0.643. The molecule has 1 aliphatic carbocycles. The van der Waals surface area contributed by atoms with E-state index in [1.165, 1.54) is 0 Å². The van der Waals surface area contributed by atoms with E-state index in [1.54, 1.807) is 0 Å². The Hall–Kier alpha value is -3.35. The largest absolute Gasteiger partial charge is 0.367 e. The molecule has 3 aliphatic rings. The smallest absolute Gasteiger partial charge is 0.256 e. The first-order valence-electron chi connectivity index (χ1n) is 13.8. The summed E-state index contributed by atoms with van der Waals surface area (Å²) in [4.78, 5) is 45.5. The zero-order valence-electron chi connectivity index (χ0n) is 21.9. The van der Waals surface area contributed by atoms with Crippen molar-refractivity contribution in [1.29, 1.82) is 0 Å². The van der Waals surface area contributed by atoms with Crippen LogP contribution in [0.1, 0.15) is 71.2 Å². The Labute approximate surface area is 219 Å². The highest BCUT2D eigenvalue weighted by Gasteiger charge is 2.28. The van der Waals surface area contributed by atoms with Crippen molar-refractivity contribution in [2.24, 2.45) is 5.92 Å². The third-order valence-electron chi connectivity index (χ3n) is 8.07. The SMILES string of the molecule is Cc1ccc(C(=O)N2CCN(c3ccc(NC(=O)C4CCCC4)cc3C(=O)N3CCCCC3)CC2)cc1. The Balaban J connectivity index is 1.33. The zero-order chi connectivity index (χ0) is 25.8. The number of carbonyl (C=O) groups is 3. The van der Waals surface area contributed by atoms with Crippen LogP contribution in [0, 0.1) is 12.8 Å². The summed E-state index contributed by atoms with van der Waals surface area (Å²) in [5.74, 6) is 0.212. The van der Waals surface area contributed by atoms with Crippen LogP contribution < -0.4 is 10.2 Å². The number of hydrogen-bond donors (Lipinski definition) is 1. The van der Waals surface area contributed by atoms with Crippen molar-refractivity contribution in [3.8, 4) is 0 Å². The van der Waals surface area contributed by atoms with Gasteiger partial charge >= 0.3 is 0 Å². The molecule has 7 nitrogen and oxygen atoms in total. The van der Waals surface area contributed by atoms with Gasteiger partial charge in [-0.1, -0.05) is 30.5 Å². The van der Waals surface area contributed by atoms with Crippen LogP contribution in [0.2, 0.25) is 0 Å². The molecule has 0 radical (unpaired) electrons. The molecule has 0 spiro atoms. The van der Waals surface area contributed by atoms with E-state index in [9.17, 15) is 14.4 Å². The average molecular weight is 503 g/mol. The van der Waals surface area contributed by atoms with Crippen molar-refractivity contribution in [1.82, 2.24) is 9.80 Å². The summed E-state index contributed by atoms with van der Waals surface area (Å²) in [6, 6.07) is 13.5. The van der Waals surface area contributed by atoms with Crippen LogP contribution in [0.25, 0.3) is 0 Å². The number of amides is 3. The number of carbonyl (C=O) groups excluding carboxylic acids is 3. The molecule has 0 unspecified atom stereocenters. The van der Waals surface area contributed by atoms with Gasteiger partial charge < -0.3 is 20.0 Å². The number of piperidine rings is 1. The minimum Gasteiger partial charge on any atom is -0.367 e. The summed E-state index contributed by atoms with van der Waals surface area (Å²) in [6.07, 6.45) is 7.30. The van der Waals surface area contributed by atoms with E-state index in [0.29, 0.717) is 43.0 Å². The molecule has 0 bridgehead atoms. The van der Waals surface area contributed by atoms with E-state index in [-0.39, 0.29) is 23.6 Å². The number of hydrogen-bond acceptors (Lipinski definition) is 4. The first kappa shape index (κ1) is 25.3. The fourth-order valence-electron chi connectivity index (χ4n) is 5.79. The van der Waals surface area contributed by atoms with Crippen LogP contribution >= 0.6 is 0 Å². The molecule has 5 rings (SSSR count). The predicted octanol–water partition coefficient (Wildman–Crippen LogP) is 4.71. The Morgan fingerprint density at radius 1 is 0.730 bits per heavy atom. The van der Waals surface area contributed by atoms with E-state index < -0.39 is 0 Å². The van der Waals surface area contributed by atoms with Crippen molar-refractivity contribution in [2.45, 2.75) is 51.9 Å². The monoisotopic (exact) mass is 502 g/mol. The van der Waals surface area contributed by atoms with Gasteiger partial charge in [-0.25, -0.2) is 0 Å². The fraction of sp³-hybridized carbons (Fsp3) is 0.500. The second kappa shape index (κ2) is 11.4. The third-order valence-corrected chi connectivity index (χ3v) is 8.07. The van der Waals surface area contributed by atoms with E-state index in [4.69, 9.17) is 0 Å². The molecule has 0 atom stereocenters. The van der Waals surface area contributed by atoms with Crippen molar-refractivity contribution >= 4 is 29.1 Å². The van der Waals surface area contributed by atoms with Gasteiger partial charge in [-0.15, -0.1) is 0 Å². The second-order valence-corrected chi connectivity index (χ2v) is 10.7. The number of nitrogens with one attached hydrogen (secondary N) is 1. The van der Waals surface area contributed by atoms with Crippen molar-refractivity contribution < 1.29 is 14.4 Å². The molecule has 1 N–H and O–H groups in total. The number of benzene rings is 2. The van der Waals surface area contributed by atoms with Crippen molar-refractivity contribution in [3.05, 3.63) is 59.2 Å². The maximum Gasteiger partial charge on any atom is 0.256 e. The lowest BCUT2D eigenvalue weighted by Crippen LogP contribution is -2.49. The number of likely N-dealkylation sites (tertiary alicyclic amines) is 1. The molecular weight excluding hydrogens is 464 g/mol. The third kappa shape index (κ3) is 5.81. The first-order chi connectivity index (χ1) is 18.0. The normalized spacial score (nSPS) is 18.7. The van der Waals surface area contributed by atoms with E-state index in [0.717, 1.165) is 69.3 Å². The van der Waals surface area contributed by atoms with Gasteiger partial charge in [0.15, 0.2) is 0 Å². The number of rotatable bonds is 5. The molecule has 0 aromatic heterocycles. The van der Waals surface area contributed by atoms with Crippen LogP contribution in [-0.2, 0) is 4.79 Å². The number of anilines is 2. The maximum atomic E-state index is 13.7. The van der Waals surface area contributed by atoms with Crippen LogP contribution in [-0.4, -0.2) is 66.8 Å². The van der Waals surface area contributed by atoms with Gasteiger partial charge in [-0.05, 0) is 69.4 Å². The summed E-state index contributed by atoms with van der Waals surface area (Å²) in [5.41, 5.74) is 4.06. The topological polar surface area (TPSA) is 73.0 Å². The van der Waals surface area contributed by atoms with Crippen LogP contribution in [0.3, 0.4) is 0 Å². The van der Waals surface area contributed by atoms with E-state index in [1.807, 2.05) is 59.2 Å². The molecule has 2 aromatic rings. The molecule has 2 aromatic carbocycles. The number of nitrogens with zero attached hydrogens (tertiary/aromatic N) is 3.